The first-order valence-electron chi connectivity index (χ1n) is 5.70. The second kappa shape index (κ2) is 5.43. The first-order chi connectivity index (χ1) is 8.67. The van der Waals surface area contributed by atoms with Gasteiger partial charge in [-0.25, -0.2) is 4.79 Å². The van der Waals surface area contributed by atoms with Gasteiger partial charge in [-0.3, -0.25) is 9.69 Å². The Morgan fingerprint density at radius 3 is 3.11 bits per heavy atom. The average Bonchev–Trinajstić information content (AvgIpc) is 2.94. The van der Waals surface area contributed by atoms with Crippen molar-refractivity contribution in [3.05, 3.63) is 11.8 Å². The summed E-state index contributed by atoms with van der Waals surface area (Å²) in [6.07, 6.45) is 1.68. The van der Waals surface area contributed by atoms with Crippen LogP contribution >= 0.6 is 12.6 Å². The molecule has 6 nitrogen and oxygen atoms in total. The zero-order chi connectivity index (χ0) is 13.1. The van der Waals surface area contributed by atoms with Crippen molar-refractivity contribution < 1.29 is 18.8 Å². The second-order valence-electron chi connectivity index (χ2n) is 4.02. The number of esters is 1. The summed E-state index contributed by atoms with van der Waals surface area (Å²) in [5.74, 6) is 0.335. The summed E-state index contributed by atoms with van der Waals surface area (Å²) in [5, 5.41) is 3.57. The molecule has 7 heteroatoms. The molecule has 1 saturated heterocycles. The summed E-state index contributed by atoms with van der Waals surface area (Å²) in [5.41, 5.74) is 0.185. The maximum absolute atomic E-state index is 11.8. The van der Waals surface area contributed by atoms with Crippen molar-refractivity contribution in [1.29, 1.82) is 0 Å². The molecule has 2 heterocycles. The quantitative estimate of drug-likeness (QED) is 0.656. The zero-order valence-electron chi connectivity index (χ0n) is 9.96. The molecule has 0 spiro atoms. The van der Waals surface area contributed by atoms with Crippen LogP contribution in [0.2, 0.25) is 0 Å². The number of ether oxygens (including phenoxy) is 1. The predicted molar refractivity (Wildman–Crippen MR) is 66.8 cm³/mol. The fourth-order valence-electron chi connectivity index (χ4n) is 1.88. The lowest BCUT2D eigenvalue weighted by molar-refractivity contribution is -0.117. The number of nitrogens with zero attached hydrogens (tertiary/aromatic N) is 2. The molecule has 98 valence electrons. The van der Waals surface area contributed by atoms with Crippen LogP contribution in [-0.4, -0.2) is 35.9 Å². The van der Waals surface area contributed by atoms with Gasteiger partial charge in [0, 0.05) is 13.0 Å². The molecular formula is C11H14N2O4S. The standard InChI is InChI=1S/C11H14N2O4S/c1-2-16-11(15)8-4-12-17-10(8)13-5-7(6-18)3-9(13)14/h4,7,18H,2-3,5-6H2,1H3. The highest BCUT2D eigenvalue weighted by molar-refractivity contribution is 7.80. The lowest BCUT2D eigenvalue weighted by Crippen LogP contribution is -2.26. The highest BCUT2D eigenvalue weighted by Crippen LogP contribution is 2.28. The minimum Gasteiger partial charge on any atom is -0.462 e. The Kier molecular flexibility index (Phi) is 3.90. The number of aromatic nitrogens is 1. The molecule has 1 aliphatic rings. The molecule has 0 N–H and O–H groups in total. The maximum Gasteiger partial charge on any atom is 0.345 e. The van der Waals surface area contributed by atoms with Crippen LogP contribution in [0, 0.1) is 5.92 Å². The van der Waals surface area contributed by atoms with E-state index in [0.29, 0.717) is 18.7 Å². The second-order valence-corrected chi connectivity index (χ2v) is 4.39. The van der Waals surface area contributed by atoms with Crippen molar-refractivity contribution in [2.75, 3.05) is 23.8 Å². The molecule has 1 aliphatic heterocycles. The molecule has 0 radical (unpaired) electrons. The van der Waals surface area contributed by atoms with Crippen LogP contribution in [0.4, 0.5) is 5.88 Å². The van der Waals surface area contributed by atoms with Crippen LogP contribution in [0.3, 0.4) is 0 Å². The van der Waals surface area contributed by atoms with Crippen molar-refractivity contribution in [2.24, 2.45) is 5.92 Å². The average molecular weight is 270 g/mol. The third kappa shape index (κ3) is 2.35. The van der Waals surface area contributed by atoms with Gasteiger partial charge < -0.3 is 9.26 Å². The SMILES string of the molecule is CCOC(=O)c1cnoc1N1CC(CS)CC1=O. The van der Waals surface area contributed by atoms with Crippen LogP contribution in [-0.2, 0) is 9.53 Å². The number of thiol groups is 1. The summed E-state index contributed by atoms with van der Waals surface area (Å²) in [4.78, 5) is 24.9. The van der Waals surface area contributed by atoms with Crippen molar-refractivity contribution in [2.45, 2.75) is 13.3 Å². The highest BCUT2D eigenvalue weighted by atomic mass is 32.1. The first kappa shape index (κ1) is 12.9. The number of amides is 1. The summed E-state index contributed by atoms with van der Waals surface area (Å²) < 4.78 is 9.89. The third-order valence-electron chi connectivity index (χ3n) is 2.76. The van der Waals surface area contributed by atoms with Gasteiger partial charge in [-0.2, -0.15) is 12.6 Å². The third-order valence-corrected chi connectivity index (χ3v) is 3.27. The normalized spacial score (nSPS) is 19.3. The Morgan fingerprint density at radius 1 is 1.72 bits per heavy atom. The van der Waals surface area contributed by atoms with Crippen LogP contribution in [0.15, 0.2) is 10.7 Å². The monoisotopic (exact) mass is 270 g/mol. The van der Waals surface area contributed by atoms with E-state index < -0.39 is 5.97 Å². The summed E-state index contributed by atoms with van der Waals surface area (Å²) in [6, 6.07) is 0. The lowest BCUT2D eigenvalue weighted by Gasteiger charge is -2.13. The van der Waals surface area contributed by atoms with E-state index in [-0.39, 0.29) is 29.9 Å². The molecular weight excluding hydrogens is 256 g/mol. The number of carbonyl (C=O) groups excluding carboxylic acids is 2. The summed E-state index contributed by atoms with van der Waals surface area (Å²) >= 11 is 4.18. The molecule has 0 saturated carbocycles. The lowest BCUT2D eigenvalue weighted by atomic mass is 10.1. The molecule has 2 rings (SSSR count). The Morgan fingerprint density at radius 2 is 2.50 bits per heavy atom. The molecule has 1 aromatic heterocycles. The Hall–Kier alpha value is -1.50. The van der Waals surface area contributed by atoms with E-state index in [1.165, 1.54) is 11.1 Å². The van der Waals surface area contributed by atoms with E-state index in [0.717, 1.165) is 0 Å². The fraction of sp³-hybridized carbons (Fsp3) is 0.545. The van der Waals surface area contributed by atoms with Crippen molar-refractivity contribution >= 4 is 30.4 Å². The van der Waals surface area contributed by atoms with Gasteiger partial charge in [0.15, 0.2) is 0 Å². The molecule has 1 aromatic rings. The van der Waals surface area contributed by atoms with E-state index in [1.54, 1.807) is 6.92 Å². The minimum atomic E-state index is -0.532. The van der Waals surface area contributed by atoms with Gasteiger partial charge in [0.05, 0.1) is 12.8 Å². The molecule has 1 unspecified atom stereocenters. The number of rotatable bonds is 4. The molecule has 0 aliphatic carbocycles. The topological polar surface area (TPSA) is 72.6 Å². The summed E-state index contributed by atoms with van der Waals surface area (Å²) in [7, 11) is 0. The largest absolute Gasteiger partial charge is 0.462 e. The summed E-state index contributed by atoms with van der Waals surface area (Å²) in [6.45, 7) is 2.46. The smallest absolute Gasteiger partial charge is 0.345 e. The molecule has 0 aromatic carbocycles. The van der Waals surface area contributed by atoms with Crippen molar-refractivity contribution in [1.82, 2.24) is 5.16 Å². The van der Waals surface area contributed by atoms with Gasteiger partial charge in [0.25, 0.3) is 0 Å². The maximum atomic E-state index is 11.8. The fourth-order valence-corrected chi connectivity index (χ4v) is 2.12. The number of hydrogen-bond acceptors (Lipinski definition) is 6. The van der Waals surface area contributed by atoms with Crippen molar-refractivity contribution in [3.8, 4) is 0 Å². The molecule has 0 bridgehead atoms. The Balaban J connectivity index is 2.21. The molecule has 18 heavy (non-hydrogen) atoms. The van der Waals surface area contributed by atoms with E-state index in [4.69, 9.17) is 9.26 Å². The molecule has 1 atom stereocenters. The number of anilines is 1. The minimum absolute atomic E-state index is 0.0867. The highest BCUT2D eigenvalue weighted by Gasteiger charge is 2.35. The van der Waals surface area contributed by atoms with Gasteiger partial charge in [-0.15, -0.1) is 0 Å². The van der Waals surface area contributed by atoms with E-state index in [9.17, 15) is 9.59 Å². The van der Waals surface area contributed by atoms with E-state index in [2.05, 4.69) is 17.8 Å². The first-order valence-corrected chi connectivity index (χ1v) is 6.33. The van der Waals surface area contributed by atoms with Crippen LogP contribution in [0.25, 0.3) is 0 Å². The van der Waals surface area contributed by atoms with Gasteiger partial charge in [-0.05, 0) is 18.6 Å². The molecule has 1 amide bonds. The van der Waals surface area contributed by atoms with Crippen LogP contribution in [0.5, 0.6) is 0 Å². The Labute approximate surface area is 110 Å². The van der Waals surface area contributed by atoms with E-state index in [1.807, 2.05) is 0 Å². The number of carbonyl (C=O) groups is 2. The van der Waals surface area contributed by atoms with Gasteiger partial charge in [-0.1, -0.05) is 5.16 Å². The predicted octanol–water partition coefficient (Wildman–Crippen LogP) is 1.13. The zero-order valence-corrected chi connectivity index (χ0v) is 10.9. The number of hydrogen-bond donors (Lipinski definition) is 1. The van der Waals surface area contributed by atoms with Crippen LogP contribution in [0.1, 0.15) is 23.7 Å². The van der Waals surface area contributed by atoms with Gasteiger partial charge in [0.1, 0.15) is 5.56 Å². The Bertz CT molecular complexity index is 460. The van der Waals surface area contributed by atoms with Crippen molar-refractivity contribution in [3.63, 3.8) is 0 Å². The van der Waals surface area contributed by atoms with E-state index >= 15 is 0 Å². The van der Waals surface area contributed by atoms with Gasteiger partial charge >= 0.3 is 5.97 Å². The molecule has 1 fully saturated rings. The van der Waals surface area contributed by atoms with Crippen LogP contribution < -0.4 is 4.90 Å². The van der Waals surface area contributed by atoms with Gasteiger partial charge in [0.2, 0.25) is 11.8 Å².